The second kappa shape index (κ2) is 7.44. The van der Waals surface area contributed by atoms with Crippen molar-refractivity contribution in [2.75, 3.05) is 26.2 Å². The molecule has 1 aromatic heterocycles. The summed E-state index contributed by atoms with van der Waals surface area (Å²) in [5, 5.41) is 0. The SMILES string of the molecule is Cc1cc2c(cc1S(=O)(=O)N1CCN(Cc3ccccc3)CC1)n(C)c(=O)n2C. The zero-order valence-electron chi connectivity index (χ0n) is 17.0. The second-order valence-electron chi connectivity index (χ2n) is 7.67. The van der Waals surface area contributed by atoms with Crippen LogP contribution in [-0.4, -0.2) is 52.9 Å². The summed E-state index contributed by atoms with van der Waals surface area (Å²) in [4.78, 5) is 14.8. The average molecular weight is 415 g/mol. The van der Waals surface area contributed by atoms with Gasteiger partial charge in [-0.1, -0.05) is 30.3 Å². The fourth-order valence-corrected chi connectivity index (χ4v) is 5.67. The summed E-state index contributed by atoms with van der Waals surface area (Å²) < 4.78 is 31.3. The van der Waals surface area contributed by atoms with Crippen LogP contribution in [0.3, 0.4) is 0 Å². The fraction of sp³-hybridized carbons (Fsp3) is 0.381. The van der Waals surface area contributed by atoms with Gasteiger partial charge in [-0.25, -0.2) is 13.2 Å². The van der Waals surface area contributed by atoms with Gasteiger partial charge in [-0.05, 0) is 30.2 Å². The molecule has 154 valence electrons. The van der Waals surface area contributed by atoms with E-state index in [0.29, 0.717) is 37.3 Å². The third kappa shape index (κ3) is 3.52. The molecule has 3 aromatic rings. The van der Waals surface area contributed by atoms with Crippen molar-refractivity contribution in [2.24, 2.45) is 14.1 Å². The molecular weight excluding hydrogens is 388 g/mol. The number of fused-ring (bicyclic) bond motifs is 1. The number of aromatic nitrogens is 2. The Kier molecular flexibility index (Phi) is 5.10. The maximum Gasteiger partial charge on any atom is 0.328 e. The minimum atomic E-state index is -3.62. The van der Waals surface area contributed by atoms with Gasteiger partial charge in [-0.15, -0.1) is 0 Å². The third-order valence-electron chi connectivity index (χ3n) is 5.77. The monoisotopic (exact) mass is 414 g/mol. The van der Waals surface area contributed by atoms with Crippen LogP contribution < -0.4 is 5.69 Å². The van der Waals surface area contributed by atoms with Crippen LogP contribution >= 0.6 is 0 Å². The van der Waals surface area contributed by atoms with E-state index in [4.69, 9.17) is 0 Å². The lowest BCUT2D eigenvalue weighted by atomic mass is 10.2. The molecular formula is C21H26N4O3S. The molecule has 0 amide bonds. The van der Waals surface area contributed by atoms with Crippen molar-refractivity contribution in [3.8, 4) is 0 Å². The first-order valence-corrected chi connectivity index (χ1v) is 11.2. The molecule has 8 heteroatoms. The van der Waals surface area contributed by atoms with Crippen molar-refractivity contribution < 1.29 is 8.42 Å². The predicted molar refractivity (Wildman–Crippen MR) is 113 cm³/mol. The van der Waals surface area contributed by atoms with Crippen LogP contribution in [0.2, 0.25) is 0 Å². The van der Waals surface area contributed by atoms with E-state index >= 15 is 0 Å². The lowest BCUT2D eigenvalue weighted by Gasteiger charge is -2.34. The van der Waals surface area contributed by atoms with Crippen molar-refractivity contribution in [3.63, 3.8) is 0 Å². The highest BCUT2D eigenvalue weighted by Crippen LogP contribution is 2.26. The largest absolute Gasteiger partial charge is 0.328 e. The smallest absolute Gasteiger partial charge is 0.296 e. The molecule has 2 heterocycles. The molecule has 0 aliphatic carbocycles. The van der Waals surface area contributed by atoms with Crippen LogP contribution in [0.15, 0.2) is 52.2 Å². The van der Waals surface area contributed by atoms with Gasteiger partial charge in [0, 0.05) is 46.8 Å². The van der Waals surface area contributed by atoms with Gasteiger partial charge in [-0.3, -0.25) is 14.0 Å². The standard InChI is InChI=1S/C21H26N4O3S/c1-16-13-18-19(23(3)21(26)22(18)2)14-20(16)29(27,28)25-11-9-24(10-12-25)15-17-7-5-4-6-8-17/h4-8,13-14H,9-12,15H2,1-3H3. The van der Waals surface area contributed by atoms with E-state index in [1.807, 2.05) is 18.2 Å². The summed E-state index contributed by atoms with van der Waals surface area (Å²) in [6.45, 7) is 4.92. The first kappa shape index (κ1) is 19.9. The van der Waals surface area contributed by atoms with E-state index < -0.39 is 10.0 Å². The van der Waals surface area contributed by atoms with Crippen LogP contribution in [-0.2, 0) is 30.7 Å². The molecule has 0 spiro atoms. The van der Waals surface area contributed by atoms with Crippen LogP contribution in [0, 0.1) is 6.92 Å². The van der Waals surface area contributed by atoms with E-state index in [-0.39, 0.29) is 10.6 Å². The molecule has 0 saturated carbocycles. The number of hydrogen-bond donors (Lipinski definition) is 0. The summed E-state index contributed by atoms with van der Waals surface area (Å²) in [5.74, 6) is 0. The zero-order valence-corrected chi connectivity index (χ0v) is 17.8. The average Bonchev–Trinajstić information content (AvgIpc) is 2.92. The minimum Gasteiger partial charge on any atom is -0.296 e. The minimum absolute atomic E-state index is 0.163. The lowest BCUT2D eigenvalue weighted by Crippen LogP contribution is -2.48. The first-order valence-electron chi connectivity index (χ1n) is 9.71. The van der Waals surface area contributed by atoms with Crippen LogP contribution in [0.5, 0.6) is 0 Å². The highest BCUT2D eigenvalue weighted by atomic mass is 32.2. The molecule has 1 saturated heterocycles. The lowest BCUT2D eigenvalue weighted by molar-refractivity contribution is 0.181. The number of piperazine rings is 1. The summed E-state index contributed by atoms with van der Waals surface area (Å²) in [5.41, 5.74) is 3.09. The van der Waals surface area contributed by atoms with E-state index in [0.717, 1.165) is 12.1 Å². The number of rotatable bonds is 4. The predicted octanol–water partition coefficient (Wildman–Crippen LogP) is 1.69. The Balaban J connectivity index is 1.57. The molecule has 4 rings (SSSR count). The summed E-state index contributed by atoms with van der Waals surface area (Å²) in [6.07, 6.45) is 0. The van der Waals surface area contributed by atoms with Gasteiger partial charge in [0.1, 0.15) is 0 Å². The molecule has 0 unspecified atom stereocenters. The first-order chi connectivity index (χ1) is 13.8. The van der Waals surface area contributed by atoms with Crippen LogP contribution in [0.4, 0.5) is 0 Å². The maximum absolute atomic E-state index is 13.3. The van der Waals surface area contributed by atoms with Gasteiger partial charge >= 0.3 is 5.69 Å². The molecule has 0 N–H and O–H groups in total. The van der Waals surface area contributed by atoms with Crippen LogP contribution in [0.25, 0.3) is 11.0 Å². The quantitative estimate of drug-likeness (QED) is 0.652. The number of benzene rings is 2. The van der Waals surface area contributed by atoms with Gasteiger partial charge in [0.15, 0.2) is 0 Å². The number of imidazole rings is 1. The molecule has 29 heavy (non-hydrogen) atoms. The Labute approximate surface area is 170 Å². The molecule has 0 atom stereocenters. The molecule has 7 nitrogen and oxygen atoms in total. The Morgan fingerprint density at radius 2 is 1.48 bits per heavy atom. The normalized spacial score (nSPS) is 16.5. The molecule has 2 aromatic carbocycles. The maximum atomic E-state index is 13.3. The van der Waals surface area contributed by atoms with E-state index in [1.54, 1.807) is 42.0 Å². The summed E-state index contributed by atoms with van der Waals surface area (Å²) in [7, 11) is -0.255. The highest BCUT2D eigenvalue weighted by Gasteiger charge is 2.30. The molecule has 0 radical (unpaired) electrons. The van der Waals surface area contributed by atoms with Crippen molar-refractivity contribution in [1.29, 1.82) is 0 Å². The van der Waals surface area contributed by atoms with Crippen LogP contribution in [0.1, 0.15) is 11.1 Å². The number of aryl methyl sites for hydroxylation is 3. The van der Waals surface area contributed by atoms with E-state index in [2.05, 4.69) is 17.0 Å². The van der Waals surface area contributed by atoms with Gasteiger partial charge < -0.3 is 0 Å². The van der Waals surface area contributed by atoms with Crippen molar-refractivity contribution in [3.05, 3.63) is 64.1 Å². The van der Waals surface area contributed by atoms with Gasteiger partial charge in [0.25, 0.3) is 0 Å². The second-order valence-corrected chi connectivity index (χ2v) is 9.58. The Morgan fingerprint density at radius 1 is 0.897 bits per heavy atom. The van der Waals surface area contributed by atoms with Crippen molar-refractivity contribution >= 4 is 21.1 Å². The summed E-state index contributed by atoms with van der Waals surface area (Å²) in [6, 6.07) is 13.6. The zero-order chi connectivity index (χ0) is 20.8. The Hall–Kier alpha value is -2.42. The number of hydrogen-bond acceptors (Lipinski definition) is 4. The third-order valence-corrected chi connectivity index (χ3v) is 7.81. The summed E-state index contributed by atoms with van der Waals surface area (Å²) >= 11 is 0. The van der Waals surface area contributed by atoms with E-state index in [9.17, 15) is 13.2 Å². The number of nitrogens with zero attached hydrogens (tertiary/aromatic N) is 4. The van der Waals surface area contributed by atoms with Crippen molar-refractivity contribution in [2.45, 2.75) is 18.4 Å². The molecule has 1 aliphatic heterocycles. The van der Waals surface area contributed by atoms with E-state index in [1.165, 1.54) is 10.1 Å². The molecule has 0 bridgehead atoms. The Bertz CT molecular complexity index is 1200. The fourth-order valence-electron chi connectivity index (χ4n) is 4.02. The van der Waals surface area contributed by atoms with Crippen molar-refractivity contribution in [1.82, 2.24) is 18.3 Å². The molecule has 1 fully saturated rings. The highest BCUT2D eigenvalue weighted by molar-refractivity contribution is 7.89. The topological polar surface area (TPSA) is 67.6 Å². The molecule has 1 aliphatic rings. The number of sulfonamides is 1. The van der Waals surface area contributed by atoms with Gasteiger partial charge in [0.05, 0.1) is 15.9 Å². The Morgan fingerprint density at radius 3 is 2.10 bits per heavy atom. The van der Waals surface area contributed by atoms with Gasteiger partial charge in [-0.2, -0.15) is 4.31 Å². The van der Waals surface area contributed by atoms with Gasteiger partial charge in [0.2, 0.25) is 10.0 Å².